The van der Waals surface area contributed by atoms with Crippen LogP contribution in [-0.4, -0.2) is 19.5 Å². The third-order valence-electron chi connectivity index (χ3n) is 10.2. The lowest BCUT2D eigenvalue weighted by molar-refractivity contribution is 0.670. The molecule has 0 bridgehead atoms. The van der Waals surface area contributed by atoms with Gasteiger partial charge in [-0.15, -0.1) is 0 Å². The van der Waals surface area contributed by atoms with Crippen LogP contribution in [0, 0.1) is 0 Å². The molecule has 0 saturated heterocycles. The standard InChI is InChI=1S/C47H28N4O/c1-2-13-30-26-33(25-24-29(30)12-1)46-48-45(32-15-11-16-34(27-32)51-40-21-8-5-18-36(40)37-19-6-9-22-41(37)51)49-47(50-46)43-35-17-4-3-14-31(35)28-39-38-20-7-10-23-42(38)52-44(39)43/h1-28H. The maximum Gasteiger partial charge on any atom is 0.168 e. The van der Waals surface area contributed by atoms with Crippen molar-refractivity contribution in [3.63, 3.8) is 0 Å². The monoisotopic (exact) mass is 664 g/mol. The second-order valence-corrected chi connectivity index (χ2v) is 13.2. The maximum absolute atomic E-state index is 6.64. The minimum atomic E-state index is 0.566. The summed E-state index contributed by atoms with van der Waals surface area (Å²) in [5, 5.41) is 8.94. The summed E-state index contributed by atoms with van der Waals surface area (Å²) in [6, 6.07) is 59.2. The van der Waals surface area contributed by atoms with Gasteiger partial charge in [0, 0.05) is 38.4 Å². The number of rotatable bonds is 4. The number of benzene rings is 8. The largest absolute Gasteiger partial charge is 0.455 e. The molecule has 3 aromatic heterocycles. The molecule has 0 aliphatic rings. The molecule has 0 aliphatic carbocycles. The number of hydrogen-bond donors (Lipinski definition) is 0. The van der Waals surface area contributed by atoms with E-state index < -0.39 is 0 Å². The molecule has 8 aromatic carbocycles. The van der Waals surface area contributed by atoms with E-state index in [0.717, 1.165) is 76.9 Å². The Morgan fingerprint density at radius 2 is 0.981 bits per heavy atom. The average molecular weight is 665 g/mol. The highest BCUT2D eigenvalue weighted by atomic mass is 16.3. The third-order valence-corrected chi connectivity index (χ3v) is 10.2. The van der Waals surface area contributed by atoms with Crippen molar-refractivity contribution in [2.24, 2.45) is 0 Å². The molecule has 0 atom stereocenters. The van der Waals surface area contributed by atoms with Crippen molar-refractivity contribution in [2.45, 2.75) is 0 Å². The first kappa shape index (κ1) is 28.7. The van der Waals surface area contributed by atoms with Gasteiger partial charge in [0.1, 0.15) is 11.2 Å². The summed E-state index contributed by atoms with van der Waals surface area (Å²) < 4.78 is 8.96. The normalized spacial score (nSPS) is 11.8. The van der Waals surface area contributed by atoms with Gasteiger partial charge in [-0.2, -0.15) is 0 Å². The van der Waals surface area contributed by atoms with Crippen LogP contribution in [0.1, 0.15) is 0 Å². The molecular formula is C47H28N4O. The quantitative estimate of drug-likeness (QED) is 0.188. The molecule has 11 aromatic rings. The topological polar surface area (TPSA) is 56.7 Å². The molecule has 0 N–H and O–H groups in total. The van der Waals surface area contributed by atoms with Crippen molar-refractivity contribution in [1.82, 2.24) is 19.5 Å². The molecule has 5 nitrogen and oxygen atoms in total. The maximum atomic E-state index is 6.64. The van der Waals surface area contributed by atoms with Gasteiger partial charge in [0.15, 0.2) is 17.5 Å². The molecule has 5 heteroatoms. The van der Waals surface area contributed by atoms with E-state index in [1.807, 2.05) is 12.1 Å². The fourth-order valence-electron chi connectivity index (χ4n) is 7.80. The van der Waals surface area contributed by atoms with Gasteiger partial charge in [0.2, 0.25) is 0 Å². The number of aromatic nitrogens is 4. The van der Waals surface area contributed by atoms with Gasteiger partial charge in [-0.25, -0.2) is 15.0 Å². The Morgan fingerprint density at radius 3 is 1.75 bits per heavy atom. The first-order chi connectivity index (χ1) is 25.8. The number of para-hydroxylation sites is 3. The molecule has 0 fully saturated rings. The SMILES string of the molecule is c1cc(-c2nc(-c3ccc4ccccc4c3)nc(-c3c4ccccc4cc4c3oc3ccccc34)n2)cc(-n2c3ccccc3c3ccccc32)c1. The van der Waals surface area contributed by atoms with Gasteiger partial charge in [-0.3, -0.25) is 0 Å². The highest BCUT2D eigenvalue weighted by Gasteiger charge is 2.21. The smallest absolute Gasteiger partial charge is 0.168 e. The zero-order valence-electron chi connectivity index (χ0n) is 27.9. The third kappa shape index (κ3) is 4.39. The van der Waals surface area contributed by atoms with E-state index in [9.17, 15) is 0 Å². The Labute approximate surface area is 298 Å². The highest BCUT2D eigenvalue weighted by molar-refractivity contribution is 6.17. The predicted molar refractivity (Wildman–Crippen MR) is 213 cm³/mol. The van der Waals surface area contributed by atoms with E-state index in [1.54, 1.807) is 0 Å². The number of hydrogen-bond acceptors (Lipinski definition) is 4. The summed E-state index contributed by atoms with van der Waals surface area (Å²) in [6.07, 6.45) is 0. The first-order valence-corrected chi connectivity index (χ1v) is 17.4. The summed E-state index contributed by atoms with van der Waals surface area (Å²) in [7, 11) is 0. The molecular weight excluding hydrogens is 637 g/mol. The van der Waals surface area contributed by atoms with E-state index in [4.69, 9.17) is 19.4 Å². The van der Waals surface area contributed by atoms with E-state index >= 15 is 0 Å². The second-order valence-electron chi connectivity index (χ2n) is 13.2. The van der Waals surface area contributed by atoms with Crippen molar-refractivity contribution >= 4 is 65.3 Å². The molecule has 242 valence electrons. The Hall–Kier alpha value is -7.11. The van der Waals surface area contributed by atoms with Gasteiger partial charge in [0.25, 0.3) is 0 Å². The summed E-state index contributed by atoms with van der Waals surface area (Å²) in [5.74, 6) is 1.76. The summed E-state index contributed by atoms with van der Waals surface area (Å²) >= 11 is 0. The molecule has 0 unspecified atom stereocenters. The summed E-state index contributed by atoms with van der Waals surface area (Å²) in [4.78, 5) is 15.7. The van der Waals surface area contributed by atoms with Crippen molar-refractivity contribution in [3.8, 4) is 39.9 Å². The predicted octanol–water partition coefficient (Wildman–Crippen LogP) is 12.2. The van der Waals surface area contributed by atoms with Gasteiger partial charge in [-0.05, 0) is 64.0 Å². The average Bonchev–Trinajstić information content (AvgIpc) is 3.75. The minimum absolute atomic E-state index is 0.566. The van der Waals surface area contributed by atoms with Crippen LogP contribution in [0.4, 0.5) is 0 Å². The molecule has 52 heavy (non-hydrogen) atoms. The lowest BCUT2D eigenvalue weighted by atomic mass is 9.99. The van der Waals surface area contributed by atoms with E-state index in [0.29, 0.717) is 17.5 Å². The van der Waals surface area contributed by atoms with Gasteiger partial charge in [0.05, 0.1) is 16.6 Å². The molecule has 0 spiro atoms. The minimum Gasteiger partial charge on any atom is -0.455 e. The van der Waals surface area contributed by atoms with Crippen LogP contribution in [0.2, 0.25) is 0 Å². The molecule has 0 radical (unpaired) electrons. The van der Waals surface area contributed by atoms with Crippen LogP contribution in [0.5, 0.6) is 0 Å². The molecule has 11 rings (SSSR count). The number of nitrogens with zero attached hydrogens (tertiary/aromatic N) is 4. The summed E-state index contributed by atoms with van der Waals surface area (Å²) in [5.41, 5.74) is 7.60. The Balaban J connectivity index is 1.19. The van der Waals surface area contributed by atoms with Crippen LogP contribution < -0.4 is 0 Å². The first-order valence-electron chi connectivity index (χ1n) is 17.4. The Kier molecular flexibility index (Phi) is 6.18. The van der Waals surface area contributed by atoms with Gasteiger partial charge >= 0.3 is 0 Å². The van der Waals surface area contributed by atoms with Crippen molar-refractivity contribution in [2.75, 3.05) is 0 Å². The zero-order chi connectivity index (χ0) is 34.2. The van der Waals surface area contributed by atoms with Crippen LogP contribution in [0.3, 0.4) is 0 Å². The second kappa shape index (κ2) is 11.2. The van der Waals surface area contributed by atoms with E-state index in [2.05, 4.69) is 162 Å². The van der Waals surface area contributed by atoms with Crippen molar-refractivity contribution < 1.29 is 4.42 Å². The molecule has 0 saturated carbocycles. The lowest BCUT2D eigenvalue weighted by Gasteiger charge is -2.13. The highest BCUT2D eigenvalue weighted by Crippen LogP contribution is 2.41. The van der Waals surface area contributed by atoms with E-state index in [1.165, 1.54) is 10.8 Å². The Bertz CT molecular complexity index is 3150. The van der Waals surface area contributed by atoms with E-state index in [-0.39, 0.29) is 0 Å². The van der Waals surface area contributed by atoms with Crippen LogP contribution in [0.25, 0.3) is 105 Å². The van der Waals surface area contributed by atoms with Crippen LogP contribution in [0.15, 0.2) is 174 Å². The zero-order valence-corrected chi connectivity index (χ0v) is 27.9. The van der Waals surface area contributed by atoms with Crippen molar-refractivity contribution in [1.29, 1.82) is 0 Å². The van der Waals surface area contributed by atoms with Crippen molar-refractivity contribution in [3.05, 3.63) is 170 Å². The van der Waals surface area contributed by atoms with Gasteiger partial charge in [-0.1, -0.05) is 127 Å². The Morgan fingerprint density at radius 1 is 0.385 bits per heavy atom. The fraction of sp³-hybridized carbons (Fsp3) is 0. The summed E-state index contributed by atoms with van der Waals surface area (Å²) in [6.45, 7) is 0. The van der Waals surface area contributed by atoms with Gasteiger partial charge < -0.3 is 8.98 Å². The molecule has 0 aliphatic heterocycles. The molecule has 0 amide bonds. The number of furan rings is 1. The number of fused-ring (bicyclic) bond motifs is 8. The van der Waals surface area contributed by atoms with Crippen LogP contribution >= 0.6 is 0 Å². The van der Waals surface area contributed by atoms with Crippen LogP contribution in [-0.2, 0) is 0 Å². The fourth-order valence-corrected chi connectivity index (χ4v) is 7.80. The lowest BCUT2D eigenvalue weighted by Crippen LogP contribution is -2.02. The molecule has 3 heterocycles.